The highest BCUT2D eigenvalue weighted by Crippen LogP contribution is 2.16. The molecule has 1 aliphatic heterocycles. The van der Waals surface area contributed by atoms with Gasteiger partial charge < -0.3 is 5.32 Å². The Morgan fingerprint density at radius 1 is 1.29 bits per heavy atom. The molecule has 1 N–H and O–H groups in total. The molecule has 0 saturated carbocycles. The number of carbonyl (C=O) groups excluding carboxylic acids is 1. The van der Waals surface area contributed by atoms with Crippen LogP contribution in [0.15, 0.2) is 30.3 Å². The first-order valence-electron chi connectivity index (χ1n) is 5.15. The molecule has 2 nitrogen and oxygen atoms in total. The van der Waals surface area contributed by atoms with Crippen LogP contribution in [0, 0.1) is 5.92 Å². The Morgan fingerprint density at radius 2 is 2.07 bits per heavy atom. The molecule has 0 aromatic heterocycles. The average Bonchev–Trinajstić information content (AvgIpc) is 2.63. The van der Waals surface area contributed by atoms with Crippen molar-refractivity contribution in [3.63, 3.8) is 0 Å². The Balaban J connectivity index is 1.80. The van der Waals surface area contributed by atoms with Gasteiger partial charge in [0.25, 0.3) is 0 Å². The zero-order valence-electron chi connectivity index (χ0n) is 8.20. The van der Waals surface area contributed by atoms with E-state index in [1.54, 1.807) is 0 Å². The molecular formula is C12H15NO. The summed E-state index contributed by atoms with van der Waals surface area (Å²) in [6, 6.07) is 10.4. The largest absolute Gasteiger partial charge is 0.356 e. The first kappa shape index (κ1) is 9.25. The molecular weight excluding hydrogens is 174 g/mol. The van der Waals surface area contributed by atoms with Crippen molar-refractivity contribution in [3.05, 3.63) is 35.9 Å². The van der Waals surface area contributed by atoms with Crippen molar-refractivity contribution < 1.29 is 4.79 Å². The minimum atomic E-state index is 0.211. The van der Waals surface area contributed by atoms with Gasteiger partial charge in [-0.1, -0.05) is 30.3 Å². The summed E-state index contributed by atoms with van der Waals surface area (Å²) < 4.78 is 0. The molecule has 0 aliphatic carbocycles. The van der Waals surface area contributed by atoms with Crippen LogP contribution in [0.4, 0.5) is 0 Å². The summed E-state index contributed by atoms with van der Waals surface area (Å²) in [5.74, 6) is 0.755. The van der Waals surface area contributed by atoms with Crippen molar-refractivity contribution >= 4 is 5.91 Å². The van der Waals surface area contributed by atoms with E-state index in [1.165, 1.54) is 5.56 Å². The molecule has 2 heteroatoms. The summed E-state index contributed by atoms with van der Waals surface area (Å²) in [4.78, 5) is 11.0. The predicted octanol–water partition coefficient (Wildman–Crippen LogP) is 1.76. The SMILES string of the molecule is O=C1CC(CCc2ccccc2)CN1. The Kier molecular flexibility index (Phi) is 2.82. The maximum absolute atomic E-state index is 11.0. The number of aryl methyl sites for hydroxylation is 1. The standard InChI is InChI=1S/C12H15NO/c14-12-8-11(9-13-12)7-6-10-4-2-1-3-5-10/h1-5,11H,6-9H2,(H,13,14). The van der Waals surface area contributed by atoms with Crippen molar-refractivity contribution in [1.82, 2.24) is 5.32 Å². The van der Waals surface area contributed by atoms with Crippen LogP contribution in [0.1, 0.15) is 18.4 Å². The molecule has 1 amide bonds. The molecule has 0 spiro atoms. The van der Waals surface area contributed by atoms with Gasteiger partial charge in [-0.3, -0.25) is 4.79 Å². The maximum Gasteiger partial charge on any atom is 0.220 e. The molecule has 74 valence electrons. The minimum absolute atomic E-state index is 0.211. The van der Waals surface area contributed by atoms with Crippen molar-refractivity contribution in [2.24, 2.45) is 5.92 Å². The molecule has 2 rings (SSSR count). The molecule has 1 atom stereocenters. The second kappa shape index (κ2) is 4.27. The van der Waals surface area contributed by atoms with Crippen LogP contribution in [-0.4, -0.2) is 12.5 Å². The van der Waals surface area contributed by atoms with Gasteiger partial charge in [0, 0.05) is 13.0 Å². The number of hydrogen-bond donors (Lipinski definition) is 1. The van der Waals surface area contributed by atoms with Crippen molar-refractivity contribution in [1.29, 1.82) is 0 Å². The second-order valence-electron chi connectivity index (χ2n) is 3.90. The highest BCUT2D eigenvalue weighted by molar-refractivity contribution is 5.78. The van der Waals surface area contributed by atoms with Crippen LogP contribution in [0.25, 0.3) is 0 Å². The van der Waals surface area contributed by atoms with Crippen LogP contribution in [0.5, 0.6) is 0 Å². The van der Waals surface area contributed by atoms with Gasteiger partial charge in [-0.15, -0.1) is 0 Å². The molecule has 0 radical (unpaired) electrons. The topological polar surface area (TPSA) is 29.1 Å². The Bertz CT molecular complexity index is 307. The Morgan fingerprint density at radius 3 is 2.71 bits per heavy atom. The van der Waals surface area contributed by atoms with Crippen LogP contribution < -0.4 is 5.32 Å². The van der Waals surface area contributed by atoms with Crippen LogP contribution >= 0.6 is 0 Å². The minimum Gasteiger partial charge on any atom is -0.356 e. The third-order valence-corrected chi connectivity index (χ3v) is 2.75. The van der Waals surface area contributed by atoms with E-state index < -0.39 is 0 Å². The molecule has 14 heavy (non-hydrogen) atoms. The highest BCUT2D eigenvalue weighted by Gasteiger charge is 2.20. The monoisotopic (exact) mass is 189 g/mol. The lowest BCUT2D eigenvalue weighted by Crippen LogP contribution is -2.14. The lowest BCUT2D eigenvalue weighted by Gasteiger charge is -2.06. The van der Waals surface area contributed by atoms with E-state index in [4.69, 9.17) is 0 Å². The van der Waals surface area contributed by atoms with E-state index in [0.29, 0.717) is 12.3 Å². The van der Waals surface area contributed by atoms with Crippen LogP contribution in [-0.2, 0) is 11.2 Å². The van der Waals surface area contributed by atoms with E-state index >= 15 is 0 Å². The first-order chi connectivity index (χ1) is 6.84. The smallest absolute Gasteiger partial charge is 0.220 e. The summed E-state index contributed by atoms with van der Waals surface area (Å²) in [7, 11) is 0. The molecule has 1 aliphatic rings. The molecule has 1 unspecified atom stereocenters. The summed E-state index contributed by atoms with van der Waals surface area (Å²) in [6.45, 7) is 0.867. The lowest BCUT2D eigenvalue weighted by atomic mass is 9.99. The van der Waals surface area contributed by atoms with Gasteiger partial charge in [-0.25, -0.2) is 0 Å². The average molecular weight is 189 g/mol. The Hall–Kier alpha value is -1.31. The van der Waals surface area contributed by atoms with E-state index in [-0.39, 0.29) is 5.91 Å². The van der Waals surface area contributed by atoms with E-state index in [2.05, 4.69) is 29.6 Å². The zero-order chi connectivity index (χ0) is 9.80. The fourth-order valence-electron chi connectivity index (χ4n) is 1.88. The van der Waals surface area contributed by atoms with Gasteiger partial charge in [0.1, 0.15) is 0 Å². The highest BCUT2D eigenvalue weighted by atomic mass is 16.1. The van der Waals surface area contributed by atoms with Gasteiger partial charge in [-0.2, -0.15) is 0 Å². The normalized spacial score (nSPS) is 20.9. The van der Waals surface area contributed by atoms with Gasteiger partial charge in [0.2, 0.25) is 5.91 Å². The lowest BCUT2D eigenvalue weighted by molar-refractivity contribution is -0.119. The van der Waals surface area contributed by atoms with Crippen LogP contribution in [0.3, 0.4) is 0 Å². The molecule has 1 fully saturated rings. The second-order valence-corrected chi connectivity index (χ2v) is 3.90. The molecule has 1 aromatic carbocycles. The van der Waals surface area contributed by atoms with Crippen molar-refractivity contribution in [3.8, 4) is 0 Å². The quantitative estimate of drug-likeness (QED) is 0.771. The van der Waals surface area contributed by atoms with Crippen LogP contribution in [0.2, 0.25) is 0 Å². The number of amides is 1. The first-order valence-corrected chi connectivity index (χ1v) is 5.15. The van der Waals surface area contributed by atoms with E-state index in [1.807, 2.05) is 6.07 Å². The number of carbonyl (C=O) groups is 1. The number of hydrogen-bond acceptors (Lipinski definition) is 1. The van der Waals surface area contributed by atoms with E-state index in [9.17, 15) is 4.79 Å². The summed E-state index contributed by atoms with van der Waals surface area (Å²) in [5, 5.41) is 2.87. The third kappa shape index (κ3) is 2.34. The zero-order valence-corrected chi connectivity index (χ0v) is 8.20. The van der Waals surface area contributed by atoms with Crippen molar-refractivity contribution in [2.75, 3.05) is 6.54 Å². The number of benzene rings is 1. The Labute approximate surface area is 84.3 Å². The molecule has 1 heterocycles. The number of nitrogens with one attached hydrogen (secondary N) is 1. The fourth-order valence-corrected chi connectivity index (χ4v) is 1.88. The fraction of sp³-hybridized carbons (Fsp3) is 0.417. The maximum atomic E-state index is 11.0. The van der Waals surface area contributed by atoms with Gasteiger partial charge in [-0.05, 0) is 24.3 Å². The summed E-state index contributed by atoms with van der Waals surface area (Å²) in [5.41, 5.74) is 1.37. The summed E-state index contributed by atoms with van der Waals surface area (Å²) in [6.07, 6.45) is 2.91. The number of rotatable bonds is 3. The van der Waals surface area contributed by atoms with E-state index in [0.717, 1.165) is 19.4 Å². The van der Waals surface area contributed by atoms with Crippen molar-refractivity contribution in [2.45, 2.75) is 19.3 Å². The van der Waals surface area contributed by atoms with Gasteiger partial charge in [0.15, 0.2) is 0 Å². The van der Waals surface area contributed by atoms with Gasteiger partial charge in [0.05, 0.1) is 0 Å². The third-order valence-electron chi connectivity index (χ3n) is 2.75. The molecule has 0 bridgehead atoms. The molecule has 1 saturated heterocycles. The summed E-state index contributed by atoms with van der Waals surface area (Å²) >= 11 is 0. The van der Waals surface area contributed by atoms with Gasteiger partial charge >= 0.3 is 0 Å². The molecule has 1 aromatic rings. The predicted molar refractivity (Wildman–Crippen MR) is 55.9 cm³/mol.